The zero-order valence-electron chi connectivity index (χ0n) is 18.7. The van der Waals surface area contributed by atoms with Gasteiger partial charge in [-0.3, -0.25) is 4.79 Å². The van der Waals surface area contributed by atoms with Crippen molar-refractivity contribution in [2.75, 3.05) is 13.2 Å². The maximum atomic E-state index is 15.2. The molecule has 9 heteroatoms. The highest BCUT2D eigenvalue weighted by molar-refractivity contribution is 5.95. The van der Waals surface area contributed by atoms with Crippen LogP contribution in [-0.4, -0.2) is 40.3 Å². The summed E-state index contributed by atoms with van der Waals surface area (Å²) in [6.45, 7) is 2.65. The van der Waals surface area contributed by atoms with E-state index in [1.54, 1.807) is 19.1 Å². The largest absolute Gasteiger partial charge is 0.482 e. The molecule has 0 spiro atoms. The molecule has 1 saturated carbocycles. The quantitative estimate of drug-likeness (QED) is 0.562. The molecule has 33 heavy (non-hydrogen) atoms. The second kappa shape index (κ2) is 9.51. The van der Waals surface area contributed by atoms with Crippen molar-refractivity contribution in [1.82, 2.24) is 20.4 Å². The fourth-order valence-corrected chi connectivity index (χ4v) is 4.70. The second-order valence-electron chi connectivity index (χ2n) is 9.04. The molecule has 5 rings (SSSR count). The number of halogens is 1. The van der Waals surface area contributed by atoms with Crippen LogP contribution in [0.3, 0.4) is 0 Å². The van der Waals surface area contributed by atoms with Crippen LogP contribution in [-0.2, 0) is 4.74 Å². The minimum absolute atomic E-state index is 0.135. The van der Waals surface area contributed by atoms with Crippen molar-refractivity contribution in [1.29, 1.82) is 0 Å². The van der Waals surface area contributed by atoms with Gasteiger partial charge in [0.2, 0.25) is 0 Å². The molecule has 3 heterocycles. The first-order valence-electron chi connectivity index (χ1n) is 11.7. The van der Waals surface area contributed by atoms with Gasteiger partial charge >= 0.3 is 0 Å². The number of imidazole rings is 1. The van der Waals surface area contributed by atoms with Crippen LogP contribution in [0.15, 0.2) is 22.9 Å². The van der Waals surface area contributed by atoms with Gasteiger partial charge in [-0.1, -0.05) is 37.3 Å². The van der Waals surface area contributed by atoms with Gasteiger partial charge in [-0.15, -0.1) is 0 Å². The molecule has 176 valence electrons. The summed E-state index contributed by atoms with van der Waals surface area (Å²) < 4.78 is 31.0. The number of nitrogens with zero attached hydrogens (tertiary/aromatic N) is 2. The number of carbonyl (C=O) groups excluding carboxylic acids is 1. The van der Waals surface area contributed by atoms with Crippen molar-refractivity contribution >= 4 is 16.9 Å². The van der Waals surface area contributed by atoms with Gasteiger partial charge in [0.25, 0.3) is 5.91 Å². The third-order valence-corrected chi connectivity index (χ3v) is 6.67. The minimum Gasteiger partial charge on any atom is -0.482 e. The number of ether oxygens (including phenoxy) is 2. The van der Waals surface area contributed by atoms with E-state index in [0.717, 1.165) is 25.7 Å². The van der Waals surface area contributed by atoms with Gasteiger partial charge in [0.05, 0.1) is 30.5 Å². The number of rotatable bonds is 6. The van der Waals surface area contributed by atoms with E-state index in [4.69, 9.17) is 14.0 Å². The molecule has 1 aromatic carbocycles. The standard InChI is InChI=1S/C24H29FN4O4/c1-14-17(13-32-29-14)24(30)28-21(15-7-5-3-2-4-6-8-15)23-26-18-9-10-19(20(25)22(18)27-23)33-16-11-31-12-16/h9-10,13,15-16,21H,2-8,11-12H2,1H3,(H,26,27)(H,28,30). The smallest absolute Gasteiger partial charge is 0.257 e. The maximum absolute atomic E-state index is 15.2. The molecule has 2 aliphatic rings. The fourth-order valence-electron chi connectivity index (χ4n) is 4.70. The van der Waals surface area contributed by atoms with Crippen molar-refractivity contribution in [3.8, 4) is 5.75 Å². The summed E-state index contributed by atoms with van der Waals surface area (Å²) in [7, 11) is 0. The lowest BCUT2D eigenvalue weighted by Gasteiger charge is -2.28. The summed E-state index contributed by atoms with van der Waals surface area (Å²) in [5, 5.41) is 6.95. The van der Waals surface area contributed by atoms with E-state index in [-0.39, 0.29) is 35.2 Å². The molecule has 8 nitrogen and oxygen atoms in total. The lowest BCUT2D eigenvalue weighted by Crippen LogP contribution is -2.38. The van der Waals surface area contributed by atoms with Gasteiger partial charge in [0, 0.05) is 0 Å². The summed E-state index contributed by atoms with van der Waals surface area (Å²) in [6.07, 6.45) is 8.97. The molecule has 1 amide bonds. The van der Waals surface area contributed by atoms with Crippen molar-refractivity contribution in [3.63, 3.8) is 0 Å². The predicted molar refractivity (Wildman–Crippen MR) is 119 cm³/mol. The van der Waals surface area contributed by atoms with Gasteiger partial charge in [0.1, 0.15) is 29.3 Å². The first-order valence-corrected chi connectivity index (χ1v) is 11.7. The Morgan fingerprint density at radius 2 is 1.97 bits per heavy atom. The lowest BCUT2D eigenvalue weighted by molar-refractivity contribution is -0.0808. The molecule has 1 aliphatic heterocycles. The molecule has 1 saturated heterocycles. The van der Waals surface area contributed by atoms with Gasteiger partial charge < -0.3 is 24.3 Å². The average molecular weight is 457 g/mol. The molecule has 0 radical (unpaired) electrons. The van der Waals surface area contributed by atoms with Gasteiger partial charge in [0.15, 0.2) is 11.6 Å². The number of carbonyl (C=O) groups is 1. The third kappa shape index (κ3) is 4.59. The zero-order chi connectivity index (χ0) is 22.8. The highest BCUT2D eigenvalue weighted by Crippen LogP contribution is 2.34. The predicted octanol–water partition coefficient (Wildman–Crippen LogP) is 4.61. The molecule has 2 fully saturated rings. The minimum atomic E-state index is -0.500. The molecular weight excluding hydrogens is 427 g/mol. The highest BCUT2D eigenvalue weighted by Gasteiger charge is 2.30. The fraction of sp³-hybridized carbons (Fsp3) is 0.542. The van der Waals surface area contributed by atoms with Crippen LogP contribution in [0, 0.1) is 18.7 Å². The Morgan fingerprint density at radius 3 is 2.64 bits per heavy atom. The summed E-state index contributed by atoms with van der Waals surface area (Å²) in [5.74, 6) is 0.151. The SMILES string of the molecule is Cc1nocc1C(=O)NC(c1nc2c(F)c(OC3COC3)ccc2[nH]1)C1CCCCCCC1. The number of hydrogen-bond acceptors (Lipinski definition) is 6. The number of hydrogen-bond donors (Lipinski definition) is 2. The van der Waals surface area contributed by atoms with Gasteiger partial charge in [-0.2, -0.15) is 0 Å². The van der Waals surface area contributed by atoms with Crippen molar-refractivity contribution in [2.24, 2.45) is 5.92 Å². The van der Waals surface area contributed by atoms with E-state index in [0.29, 0.717) is 35.8 Å². The Labute approximate surface area is 191 Å². The van der Waals surface area contributed by atoms with E-state index in [1.807, 2.05) is 0 Å². The Kier molecular flexibility index (Phi) is 6.30. The number of amides is 1. The first-order chi connectivity index (χ1) is 16.1. The molecule has 1 aliphatic carbocycles. The van der Waals surface area contributed by atoms with E-state index in [1.165, 1.54) is 25.5 Å². The Balaban J connectivity index is 1.47. The average Bonchev–Trinajstić information content (AvgIpc) is 3.37. The summed E-state index contributed by atoms with van der Waals surface area (Å²) in [4.78, 5) is 20.9. The van der Waals surface area contributed by atoms with Crippen molar-refractivity contribution < 1.29 is 23.2 Å². The highest BCUT2D eigenvalue weighted by atomic mass is 19.1. The van der Waals surface area contributed by atoms with Crippen molar-refractivity contribution in [3.05, 3.63) is 41.3 Å². The molecule has 1 atom stereocenters. The van der Waals surface area contributed by atoms with Crippen LogP contribution in [0.25, 0.3) is 11.0 Å². The van der Waals surface area contributed by atoms with E-state index in [2.05, 4.69) is 20.4 Å². The van der Waals surface area contributed by atoms with Crippen LogP contribution < -0.4 is 10.1 Å². The van der Waals surface area contributed by atoms with Crippen LogP contribution >= 0.6 is 0 Å². The van der Waals surface area contributed by atoms with Crippen LogP contribution in [0.5, 0.6) is 5.75 Å². The van der Waals surface area contributed by atoms with Crippen LogP contribution in [0.2, 0.25) is 0 Å². The first kappa shape index (κ1) is 21.9. The number of aromatic nitrogens is 3. The maximum Gasteiger partial charge on any atom is 0.257 e. The van der Waals surface area contributed by atoms with E-state index < -0.39 is 5.82 Å². The van der Waals surface area contributed by atoms with Gasteiger partial charge in [-0.05, 0) is 37.8 Å². The Hall–Kier alpha value is -2.94. The molecular formula is C24H29FN4O4. The lowest BCUT2D eigenvalue weighted by atomic mass is 9.85. The molecule has 2 aromatic heterocycles. The molecule has 2 N–H and O–H groups in total. The number of aryl methyl sites for hydroxylation is 1. The second-order valence-corrected chi connectivity index (χ2v) is 9.04. The number of nitrogens with one attached hydrogen (secondary N) is 2. The van der Waals surface area contributed by atoms with E-state index in [9.17, 15) is 4.79 Å². The molecule has 0 bridgehead atoms. The summed E-state index contributed by atoms with van der Waals surface area (Å²) in [6, 6.07) is 3.01. The Bertz CT molecular complexity index is 1120. The normalized spacial score (nSPS) is 19.0. The van der Waals surface area contributed by atoms with E-state index >= 15 is 4.39 Å². The third-order valence-electron chi connectivity index (χ3n) is 6.67. The summed E-state index contributed by atoms with van der Waals surface area (Å²) in [5.41, 5.74) is 1.72. The summed E-state index contributed by atoms with van der Waals surface area (Å²) >= 11 is 0. The van der Waals surface area contributed by atoms with Crippen LogP contribution in [0.1, 0.15) is 72.9 Å². The molecule has 1 unspecified atom stereocenters. The van der Waals surface area contributed by atoms with Gasteiger partial charge in [-0.25, -0.2) is 9.37 Å². The monoisotopic (exact) mass is 456 g/mol. The number of aromatic amines is 1. The Morgan fingerprint density at radius 1 is 1.21 bits per heavy atom. The molecule has 3 aromatic rings. The number of benzene rings is 1. The zero-order valence-corrected chi connectivity index (χ0v) is 18.7. The van der Waals surface area contributed by atoms with Crippen molar-refractivity contribution in [2.45, 2.75) is 64.0 Å². The topological polar surface area (TPSA) is 102 Å². The number of H-pyrrole nitrogens is 1. The number of fused-ring (bicyclic) bond motifs is 1. The van der Waals surface area contributed by atoms with Crippen LogP contribution in [0.4, 0.5) is 4.39 Å².